The Kier molecular flexibility index (Phi) is 9.56. The van der Waals surface area contributed by atoms with Crippen molar-refractivity contribution in [3.8, 4) is 5.75 Å². The molecule has 1 saturated carbocycles. The Bertz CT molecular complexity index is 1400. The van der Waals surface area contributed by atoms with Gasteiger partial charge in [-0.05, 0) is 6.07 Å². The van der Waals surface area contributed by atoms with E-state index in [1.54, 1.807) is 7.11 Å². The molecule has 1 fully saturated rings. The third-order valence-electron chi connectivity index (χ3n) is 6.13. The van der Waals surface area contributed by atoms with Crippen molar-refractivity contribution in [2.45, 2.75) is 42.8 Å². The molecule has 1 aliphatic rings. The molecule has 10 nitrogen and oxygen atoms in total. The first-order chi connectivity index (χ1) is 17.7. The fraction of sp³-hybridized carbons (Fsp3) is 0.458. The number of H-pyrrole nitrogens is 1. The second kappa shape index (κ2) is 12.7. The van der Waals surface area contributed by atoms with Crippen LogP contribution < -0.4 is 42.0 Å². The van der Waals surface area contributed by atoms with Gasteiger partial charge in [0.05, 0.1) is 7.11 Å². The summed E-state index contributed by atoms with van der Waals surface area (Å²) in [5, 5.41) is 5.11. The van der Waals surface area contributed by atoms with Gasteiger partial charge in [-0.25, -0.2) is 0 Å². The topological polar surface area (TPSA) is 139 Å². The molecule has 0 saturated heterocycles. The van der Waals surface area contributed by atoms with Crippen molar-refractivity contribution in [2.24, 2.45) is 5.92 Å². The summed E-state index contributed by atoms with van der Waals surface area (Å²) in [7, 11) is -1.57. The molecule has 1 amide bonds. The molecule has 3 aromatic rings. The standard InChI is InChI=1S/C24H30IN4O6S2/c1-34-19-5-3-4-16(10-19)11-26-23(31)21-28-22(30)20-17(14-36-24(20)29-21)13-35-25-18-8-6-15(7-9-18)12-27-37(2,32)33/h3-5,10,14-15,18,27H,6-9,11-13H2,1-2H3,(H,26,31)(H,28,29,30)/q-1. The molecular formula is C24H30IN4O6S2-. The van der Waals surface area contributed by atoms with Crippen LogP contribution in [0.4, 0.5) is 0 Å². The quantitative estimate of drug-likeness (QED) is 0.187. The van der Waals surface area contributed by atoms with Crippen LogP contribution in [0.5, 0.6) is 5.75 Å². The third kappa shape index (κ3) is 7.96. The van der Waals surface area contributed by atoms with E-state index in [9.17, 15) is 18.0 Å². The zero-order valence-corrected chi connectivity index (χ0v) is 24.4. The number of alkyl halides is 1. The average Bonchev–Trinajstić information content (AvgIpc) is 3.30. The monoisotopic (exact) mass is 661 g/mol. The summed E-state index contributed by atoms with van der Waals surface area (Å²) < 4.78 is 36.9. The van der Waals surface area contributed by atoms with Gasteiger partial charge in [0, 0.05) is 0 Å². The first-order valence-corrected chi connectivity index (χ1v) is 16.7. The first kappa shape index (κ1) is 28.0. The van der Waals surface area contributed by atoms with Gasteiger partial charge in [0.15, 0.2) is 0 Å². The minimum atomic E-state index is -3.15. The molecule has 0 bridgehead atoms. The van der Waals surface area contributed by atoms with E-state index in [0.29, 0.717) is 39.0 Å². The predicted octanol–water partition coefficient (Wildman–Crippen LogP) is -0.448. The number of aromatic nitrogens is 2. The van der Waals surface area contributed by atoms with Gasteiger partial charge in [0.1, 0.15) is 5.75 Å². The number of hydrogen-bond acceptors (Lipinski definition) is 8. The number of methoxy groups -OCH3 is 1. The van der Waals surface area contributed by atoms with E-state index in [1.165, 1.54) is 17.6 Å². The average molecular weight is 662 g/mol. The summed E-state index contributed by atoms with van der Waals surface area (Å²) in [5.74, 6) is 0.595. The van der Waals surface area contributed by atoms with Crippen LogP contribution in [-0.2, 0) is 26.2 Å². The summed E-state index contributed by atoms with van der Waals surface area (Å²) in [6.45, 7) is 1.12. The van der Waals surface area contributed by atoms with Crippen molar-refractivity contribution in [1.29, 1.82) is 0 Å². The third-order valence-corrected chi connectivity index (χ3v) is 10.4. The number of carbonyl (C=O) groups excluding carboxylic acids is 1. The molecule has 1 aliphatic carbocycles. The van der Waals surface area contributed by atoms with Crippen molar-refractivity contribution in [3.05, 3.63) is 57.0 Å². The normalized spacial score (nSPS) is 18.2. The van der Waals surface area contributed by atoms with Gasteiger partial charge in [-0.1, -0.05) is 6.07 Å². The number of aromatic amines is 1. The predicted molar refractivity (Wildman–Crippen MR) is 138 cm³/mol. The van der Waals surface area contributed by atoms with E-state index in [-0.39, 0.29) is 17.9 Å². The Balaban J connectivity index is 1.29. The van der Waals surface area contributed by atoms with E-state index in [1.807, 2.05) is 29.6 Å². The van der Waals surface area contributed by atoms with E-state index >= 15 is 0 Å². The fourth-order valence-corrected chi connectivity index (χ4v) is 7.85. The number of fused-ring (bicyclic) bond motifs is 1. The van der Waals surface area contributed by atoms with E-state index in [0.717, 1.165) is 36.8 Å². The van der Waals surface area contributed by atoms with Crippen LogP contribution in [0.2, 0.25) is 0 Å². The number of nitrogens with zero attached hydrogens (tertiary/aromatic N) is 1. The zero-order valence-electron chi connectivity index (χ0n) is 20.6. The first-order valence-electron chi connectivity index (χ1n) is 11.8. The Hall–Kier alpha value is -2.07. The fourth-order valence-electron chi connectivity index (χ4n) is 4.13. The Morgan fingerprint density at radius 1 is 1.27 bits per heavy atom. The van der Waals surface area contributed by atoms with Crippen LogP contribution in [0.1, 0.15) is 47.4 Å². The number of ether oxygens (including phenoxy) is 1. The molecule has 13 heteroatoms. The summed E-state index contributed by atoms with van der Waals surface area (Å²) in [5.41, 5.74) is 1.30. The number of halogens is 1. The molecule has 2 aromatic heterocycles. The van der Waals surface area contributed by atoms with Crippen molar-refractivity contribution >= 4 is 37.5 Å². The van der Waals surface area contributed by atoms with Crippen molar-refractivity contribution < 1.29 is 42.6 Å². The van der Waals surface area contributed by atoms with Gasteiger partial charge < -0.3 is 4.74 Å². The number of thiophene rings is 1. The summed E-state index contributed by atoms with van der Waals surface area (Å²) in [4.78, 5) is 32.9. The van der Waals surface area contributed by atoms with Crippen molar-refractivity contribution in [1.82, 2.24) is 20.0 Å². The van der Waals surface area contributed by atoms with Crippen LogP contribution in [0.3, 0.4) is 0 Å². The molecule has 0 unspecified atom stereocenters. The molecule has 2 heterocycles. The number of carbonyl (C=O) groups is 1. The van der Waals surface area contributed by atoms with Crippen LogP contribution in [0.25, 0.3) is 10.2 Å². The molecule has 4 rings (SSSR count). The molecule has 0 atom stereocenters. The molecule has 3 N–H and O–H groups in total. The minimum absolute atomic E-state index is 0.0238. The Labute approximate surface area is 230 Å². The van der Waals surface area contributed by atoms with Crippen LogP contribution >= 0.6 is 11.3 Å². The molecule has 0 radical (unpaired) electrons. The molecule has 0 aliphatic heterocycles. The number of rotatable bonds is 11. The molecule has 202 valence electrons. The van der Waals surface area contributed by atoms with Crippen molar-refractivity contribution in [3.63, 3.8) is 0 Å². The van der Waals surface area contributed by atoms with Gasteiger partial charge in [-0.2, -0.15) is 0 Å². The molecular weight excluding hydrogens is 631 g/mol. The summed E-state index contributed by atoms with van der Waals surface area (Å²) in [6.07, 6.45) is 5.23. The summed E-state index contributed by atoms with van der Waals surface area (Å²) >= 11 is 0.811. The van der Waals surface area contributed by atoms with Gasteiger partial charge >= 0.3 is 202 Å². The molecule has 37 heavy (non-hydrogen) atoms. The Morgan fingerprint density at radius 2 is 2.05 bits per heavy atom. The zero-order chi connectivity index (χ0) is 26.4. The maximum atomic E-state index is 12.8. The number of amides is 1. The van der Waals surface area contributed by atoms with Crippen LogP contribution in [0.15, 0.2) is 34.4 Å². The van der Waals surface area contributed by atoms with Gasteiger partial charge in [0.25, 0.3) is 0 Å². The van der Waals surface area contributed by atoms with Gasteiger partial charge in [-0.15, -0.1) is 0 Å². The van der Waals surface area contributed by atoms with E-state index in [4.69, 9.17) is 7.80 Å². The van der Waals surface area contributed by atoms with E-state index < -0.39 is 37.6 Å². The molecule has 1 aromatic carbocycles. The maximum absolute atomic E-state index is 12.8. The number of sulfonamides is 1. The molecule has 0 spiro atoms. The van der Waals surface area contributed by atoms with Gasteiger partial charge in [-0.3, -0.25) is 0 Å². The van der Waals surface area contributed by atoms with E-state index in [2.05, 4.69) is 20.0 Å². The summed E-state index contributed by atoms with van der Waals surface area (Å²) in [6, 6.07) is 7.37. The number of benzene rings is 1. The second-order valence-corrected chi connectivity index (χ2v) is 14.6. The van der Waals surface area contributed by atoms with Crippen molar-refractivity contribution in [2.75, 3.05) is 19.9 Å². The SMILES string of the molecule is COc1cccc(CNC(=O)c2nc3scc(CO[I-]C4CCC(CNS(C)(=O)=O)CC4)c3c(=O)[nH]2)c1. The number of nitrogens with one attached hydrogen (secondary N) is 3. The van der Waals surface area contributed by atoms with Gasteiger partial charge in [0.2, 0.25) is 0 Å². The van der Waals surface area contributed by atoms with Crippen LogP contribution in [-0.4, -0.2) is 48.1 Å². The van der Waals surface area contributed by atoms with Crippen LogP contribution in [0, 0.1) is 5.92 Å². The number of hydrogen-bond donors (Lipinski definition) is 3. The Morgan fingerprint density at radius 3 is 2.78 bits per heavy atom. The second-order valence-electron chi connectivity index (χ2n) is 8.97.